The molecular weight excluding hydrogens is 204 g/mol. The topological polar surface area (TPSA) is 72.9 Å². The predicted octanol–water partition coefficient (Wildman–Crippen LogP) is 0.665. The van der Waals surface area contributed by atoms with Crippen molar-refractivity contribution >= 4 is 11.7 Å². The molecule has 5 heteroatoms. The van der Waals surface area contributed by atoms with Gasteiger partial charge in [0, 0.05) is 25.1 Å². The molecule has 1 unspecified atom stereocenters. The summed E-state index contributed by atoms with van der Waals surface area (Å²) >= 11 is 0. The van der Waals surface area contributed by atoms with E-state index >= 15 is 0 Å². The first-order chi connectivity index (χ1) is 7.59. The first kappa shape index (κ1) is 11.0. The van der Waals surface area contributed by atoms with Crippen LogP contribution < -0.4 is 11.1 Å². The highest BCUT2D eigenvalue weighted by Gasteiger charge is 2.32. The molecule has 1 aliphatic carbocycles. The highest BCUT2D eigenvalue weighted by atomic mass is 16.1. The monoisotopic (exact) mass is 222 g/mol. The molecular formula is C11H18N4O. The van der Waals surface area contributed by atoms with Crippen LogP contribution in [0.2, 0.25) is 0 Å². The summed E-state index contributed by atoms with van der Waals surface area (Å²) in [7, 11) is 1.79. The van der Waals surface area contributed by atoms with Crippen molar-refractivity contribution in [2.24, 2.45) is 18.9 Å². The smallest absolute Gasteiger partial charge is 0.223 e. The molecule has 0 radical (unpaired) electrons. The summed E-state index contributed by atoms with van der Waals surface area (Å²) in [6.45, 7) is 2.45. The number of nitrogens with two attached hydrogens (primary N) is 1. The van der Waals surface area contributed by atoms with E-state index in [1.165, 1.54) is 12.8 Å². The molecule has 0 spiro atoms. The number of anilines is 1. The molecule has 0 bridgehead atoms. The molecule has 1 heterocycles. The van der Waals surface area contributed by atoms with Gasteiger partial charge in [0.25, 0.3) is 0 Å². The van der Waals surface area contributed by atoms with Crippen molar-refractivity contribution in [3.63, 3.8) is 0 Å². The number of aryl methyl sites for hydroxylation is 1. The van der Waals surface area contributed by atoms with E-state index in [1.54, 1.807) is 17.9 Å². The third-order valence-corrected chi connectivity index (χ3v) is 3.26. The van der Waals surface area contributed by atoms with Gasteiger partial charge in [-0.1, -0.05) is 6.92 Å². The van der Waals surface area contributed by atoms with E-state index in [-0.39, 0.29) is 11.8 Å². The lowest BCUT2D eigenvalue weighted by atomic mass is 10.1. The molecule has 16 heavy (non-hydrogen) atoms. The van der Waals surface area contributed by atoms with Crippen LogP contribution in [0.25, 0.3) is 0 Å². The number of rotatable bonds is 4. The fraction of sp³-hybridized carbons (Fsp3) is 0.636. The molecule has 88 valence electrons. The van der Waals surface area contributed by atoms with Crippen LogP contribution in [0.4, 0.5) is 5.82 Å². The molecule has 1 amide bonds. The number of carbonyl (C=O) groups is 1. The van der Waals surface area contributed by atoms with Gasteiger partial charge in [-0.3, -0.25) is 9.48 Å². The number of amides is 1. The predicted molar refractivity (Wildman–Crippen MR) is 61.4 cm³/mol. The van der Waals surface area contributed by atoms with Crippen molar-refractivity contribution in [2.45, 2.75) is 26.3 Å². The van der Waals surface area contributed by atoms with Gasteiger partial charge in [-0.15, -0.1) is 0 Å². The normalized spacial score (nSPS) is 17.1. The van der Waals surface area contributed by atoms with Crippen molar-refractivity contribution in [3.05, 3.63) is 11.8 Å². The first-order valence-corrected chi connectivity index (χ1v) is 5.63. The number of aromatic nitrogens is 2. The Balaban J connectivity index is 1.87. The minimum absolute atomic E-state index is 0.116. The summed E-state index contributed by atoms with van der Waals surface area (Å²) in [5.41, 5.74) is 6.66. The molecule has 1 fully saturated rings. The Kier molecular flexibility index (Phi) is 2.85. The Bertz CT molecular complexity index is 395. The zero-order valence-electron chi connectivity index (χ0n) is 9.73. The number of hydrogen-bond donors (Lipinski definition) is 2. The summed E-state index contributed by atoms with van der Waals surface area (Å²) in [5.74, 6) is 1.44. The molecule has 2 rings (SSSR count). The molecule has 1 saturated carbocycles. The van der Waals surface area contributed by atoms with Crippen molar-refractivity contribution in [1.82, 2.24) is 15.1 Å². The summed E-state index contributed by atoms with van der Waals surface area (Å²) in [6, 6.07) is 0. The third-order valence-electron chi connectivity index (χ3n) is 3.26. The van der Waals surface area contributed by atoms with Crippen LogP contribution in [0.5, 0.6) is 0 Å². The summed E-state index contributed by atoms with van der Waals surface area (Å²) in [4.78, 5) is 11.7. The van der Waals surface area contributed by atoms with Crippen LogP contribution in [0.15, 0.2) is 6.20 Å². The maximum atomic E-state index is 11.7. The van der Waals surface area contributed by atoms with Gasteiger partial charge in [-0.25, -0.2) is 0 Å². The summed E-state index contributed by atoms with van der Waals surface area (Å²) in [5, 5.41) is 6.93. The van der Waals surface area contributed by atoms with Crippen molar-refractivity contribution in [1.29, 1.82) is 0 Å². The fourth-order valence-electron chi connectivity index (χ4n) is 1.78. The lowest BCUT2D eigenvalue weighted by Crippen LogP contribution is -2.29. The number of nitrogen functional groups attached to an aromatic ring is 1. The van der Waals surface area contributed by atoms with Crippen molar-refractivity contribution in [3.8, 4) is 0 Å². The molecule has 1 aromatic heterocycles. The minimum Gasteiger partial charge on any atom is -0.384 e. The maximum absolute atomic E-state index is 11.7. The van der Waals surface area contributed by atoms with Gasteiger partial charge in [0.15, 0.2) is 0 Å². The highest BCUT2D eigenvalue weighted by Crippen LogP contribution is 2.36. The summed E-state index contributed by atoms with van der Waals surface area (Å²) < 4.78 is 1.60. The van der Waals surface area contributed by atoms with E-state index in [2.05, 4.69) is 10.4 Å². The number of nitrogens with zero attached hydrogens (tertiary/aromatic N) is 2. The average Bonchev–Trinajstić information content (AvgIpc) is 3.06. The van der Waals surface area contributed by atoms with Crippen LogP contribution in [0.1, 0.15) is 25.3 Å². The molecule has 0 aliphatic heterocycles. The zero-order valence-corrected chi connectivity index (χ0v) is 9.73. The van der Waals surface area contributed by atoms with E-state index in [9.17, 15) is 4.79 Å². The Morgan fingerprint density at radius 2 is 2.44 bits per heavy atom. The Morgan fingerprint density at radius 3 is 2.94 bits per heavy atom. The van der Waals surface area contributed by atoms with E-state index in [1.807, 2.05) is 6.92 Å². The van der Waals surface area contributed by atoms with Gasteiger partial charge in [-0.2, -0.15) is 5.10 Å². The summed E-state index contributed by atoms with van der Waals surface area (Å²) in [6.07, 6.45) is 4.06. The number of carbonyl (C=O) groups excluding carboxylic acids is 1. The van der Waals surface area contributed by atoms with Gasteiger partial charge in [-0.05, 0) is 18.8 Å². The van der Waals surface area contributed by atoms with E-state index in [0.29, 0.717) is 18.3 Å². The second-order valence-corrected chi connectivity index (χ2v) is 4.52. The lowest BCUT2D eigenvalue weighted by Gasteiger charge is -2.10. The lowest BCUT2D eigenvalue weighted by molar-refractivity contribution is -0.125. The Hall–Kier alpha value is -1.52. The molecule has 0 aromatic carbocycles. The zero-order chi connectivity index (χ0) is 11.7. The standard InChI is InChI=1S/C11H18N4O/c1-7(8-3-4-8)11(16)13-5-9-6-14-15(2)10(9)12/h6-8H,3-5,12H2,1-2H3,(H,13,16). The first-order valence-electron chi connectivity index (χ1n) is 5.63. The van der Waals surface area contributed by atoms with Gasteiger partial charge < -0.3 is 11.1 Å². The third kappa shape index (κ3) is 2.18. The highest BCUT2D eigenvalue weighted by molar-refractivity contribution is 5.79. The van der Waals surface area contributed by atoms with Crippen LogP contribution in [0, 0.1) is 11.8 Å². The van der Waals surface area contributed by atoms with Crippen LogP contribution >= 0.6 is 0 Å². The van der Waals surface area contributed by atoms with E-state index < -0.39 is 0 Å². The van der Waals surface area contributed by atoms with Crippen LogP contribution in [-0.4, -0.2) is 15.7 Å². The molecule has 0 saturated heterocycles. The molecule has 1 atom stereocenters. The fourth-order valence-corrected chi connectivity index (χ4v) is 1.78. The maximum Gasteiger partial charge on any atom is 0.223 e. The van der Waals surface area contributed by atoms with Gasteiger partial charge in [0.1, 0.15) is 5.82 Å². The SMILES string of the molecule is CC(C(=O)NCc1cnn(C)c1N)C1CC1. The van der Waals surface area contributed by atoms with Gasteiger partial charge in [0.2, 0.25) is 5.91 Å². The van der Waals surface area contributed by atoms with E-state index in [4.69, 9.17) is 5.73 Å². The van der Waals surface area contributed by atoms with Crippen LogP contribution in [-0.2, 0) is 18.4 Å². The Morgan fingerprint density at radius 1 is 1.75 bits per heavy atom. The van der Waals surface area contributed by atoms with Gasteiger partial charge >= 0.3 is 0 Å². The van der Waals surface area contributed by atoms with E-state index in [0.717, 1.165) is 5.56 Å². The molecule has 1 aliphatic rings. The minimum atomic E-state index is 0.116. The average molecular weight is 222 g/mol. The Labute approximate surface area is 95.0 Å². The van der Waals surface area contributed by atoms with Crippen molar-refractivity contribution < 1.29 is 4.79 Å². The second-order valence-electron chi connectivity index (χ2n) is 4.52. The molecule has 5 nitrogen and oxygen atoms in total. The quantitative estimate of drug-likeness (QED) is 0.786. The molecule has 1 aromatic rings. The number of nitrogens with one attached hydrogen (secondary N) is 1. The molecule has 3 N–H and O–H groups in total. The largest absolute Gasteiger partial charge is 0.384 e. The number of hydrogen-bond acceptors (Lipinski definition) is 3. The van der Waals surface area contributed by atoms with Gasteiger partial charge in [0.05, 0.1) is 6.20 Å². The second kappa shape index (κ2) is 4.15. The van der Waals surface area contributed by atoms with Crippen molar-refractivity contribution in [2.75, 3.05) is 5.73 Å². The van der Waals surface area contributed by atoms with Crippen LogP contribution in [0.3, 0.4) is 0 Å².